The highest BCUT2D eigenvalue weighted by Gasteiger charge is 2.38. The van der Waals surface area contributed by atoms with E-state index in [0.29, 0.717) is 6.54 Å². The Balaban J connectivity index is 1.95. The highest BCUT2D eigenvalue weighted by atomic mass is 16.2. The fourth-order valence-electron chi connectivity index (χ4n) is 2.80. The van der Waals surface area contributed by atoms with Crippen LogP contribution < -0.4 is 5.32 Å². The van der Waals surface area contributed by atoms with Crippen LogP contribution in [-0.4, -0.2) is 39.2 Å². The average Bonchev–Trinajstić information content (AvgIpc) is 2.82. The lowest BCUT2D eigenvalue weighted by Crippen LogP contribution is -2.35. The number of carbonyl (C=O) groups excluding carboxylic acids is 2. The van der Waals surface area contributed by atoms with Crippen molar-refractivity contribution in [2.24, 2.45) is 13.0 Å². The Hall–Kier alpha value is -1.85. The Labute approximate surface area is 125 Å². The Kier molecular flexibility index (Phi) is 4.34. The van der Waals surface area contributed by atoms with E-state index in [1.807, 2.05) is 39.4 Å². The van der Waals surface area contributed by atoms with Gasteiger partial charge in [-0.2, -0.15) is 5.10 Å². The van der Waals surface area contributed by atoms with E-state index in [1.54, 1.807) is 0 Å². The van der Waals surface area contributed by atoms with Gasteiger partial charge in [0.2, 0.25) is 0 Å². The average molecular weight is 292 g/mol. The van der Waals surface area contributed by atoms with Crippen LogP contribution >= 0.6 is 0 Å². The van der Waals surface area contributed by atoms with Crippen LogP contribution in [-0.2, 0) is 18.3 Å². The van der Waals surface area contributed by atoms with Crippen LogP contribution in [0.3, 0.4) is 0 Å². The summed E-state index contributed by atoms with van der Waals surface area (Å²) in [6.07, 6.45) is 1.59. The van der Waals surface area contributed by atoms with Crippen LogP contribution in [0, 0.1) is 19.8 Å². The van der Waals surface area contributed by atoms with Crippen LogP contribution in [0.5, 0.6) is 0 Å². The molecular formula is C15H24N4O2. The van der Waals surface area contributed by atoms with Gasteiger partial charge in [0.25, 0.3) is 5.91 Å². The van der Waals surface area contributed by atoms with Crippen molar-refractivity contribution in [3.63, 3.8) is 0 Å². The molecule has 0 saturated carbocycles. The molecule has 6 heteroatoms. The molecule has 1 saturated heterocycles. The summed E-state index contributed by atoms with van der Waals surface area (Å²) in [6.45, 7) is 8.37. The van der Waals surface area contributed by atoms with E-state index in [1.165, 1.54) is 10.5 Å². The Bertz CT molecular complexity index is 562. The molecular weight excluding hydrogens is 268 g/mol. The standard InChI is InChI=1S/C15H24N4O2/c1-9(2)13-14(20)19(15(21)16-13)8-6-7-12-10(3)17-18(5)11(12)4/h9,13H,6-8H2,1-5H3,(H,16,21)/t13-/m0/s1. The number of hydrogen-bond donors (Lipinski definition) is 1. The van der Waals surface area contributed by atoms with Crippen molar-refractivity contribution in [3.05, 3.63) is 17.0 Å². The number of hydrogen-bond acceptors (Lipinski definition) is 3. The van der Waals surface area contributed by atoms with Crippen LogP contribution in [0.25, 0.3) is 0 Å². The zero-order valence-corrected chi connectivity index (χ0v) is 13.4. The first-order valence-corrected chi connectivity index (χ1v) is 7.44. The SMILES string of the molecule is Cc1nn(C)c(C)c1CCCN1C(=O)N[C@@H](C(C)C)C1=O. The number of amides is 3. The van der Waals surface area contributed by atoms with Crippen molar-refractivity contribution in [2.45, 2.75) is 46.6 Å². The molecule has 116 valence electrons. The molecule has 1 N–H and O–H groups in total. The molecule has 21 heavy (non-hydrogen) atoms. The molecule has 1 aromatic rings. The monoisotopic (exact) mass is 292 g/mol. The summed E-state index contributed by atoms with van der Waals surface area (Å²) in [5, 5.41) is 7.13. The highest BCUT2D eigenvalue weighted by molar-refractivity contribution is 6.04. The molecule has 0 aromatic carbocycles. The minimum absolute atomic E-state index is 0.102. The van der Waals surface area contributed by atoms with Gasteiger partial charge in [0, 0.05) is 19.3 Å². The van der Waals surface area contributed by atoms with Crippen molar-refractivity contribution >= 4 is 11.9 Å². The van der Waals surface area contributed by atoms with E-state index in [0.717, 1.165) is 24.2 Å². The molecule has 0 unspecified atom stereocenters. The van der Waals surface area contributed by atoms with Gasteiger partial charge in [0.05, 0.1) is 5.69 Å². The fourth-order valence-corrected chi connectivity index (χ4v) is 2.80. The number of nitrogens with zero attached hydrogens (tertiary/aromatic N) is 3. The van der Waals surface area contributed by atoms with Gasteiger partial charge >= 0.3 is 6.03 Å². The van der Waals surface area contributed by atoms with Gasteiger partial charge in [-0.3, -0.25) is 14.4 Å². The maximum atomic E-state index is 12.2. The normalized spacial score (nSPS) is 18.8. The Morgan fingerprint density at radius 1 is 1.29 bits per heavy atom. The molecule has 2 heterocycles. The zero-order valence-electron chi connectivity index (χ0n) is 13.4. The topological polar surface area (TPSA) is 67.2 Å². The van der Waals surface area contributed by atoms with Crippen LogP contribution in [0.2, 0.25) is 0 Å². The third-order valence-electron chi connectivity index (χ3n) is 4.19. The van der Waals surface area contributed by atoms with Gasteiger partial charge in [-0.25, -0.2) is 4.79 Å². The summed E-state index contributed by atoms with van der Waals surface area (Å²) < 4.78 is 1.87. The summed E-state index contributed by atoms with van der Waals surface area (Å²) in [5.74, 6) is 0.0175. The van der Waals surface area contributed by atoms with Gasteiger partial charge in [0.1, 0.15) is 6.04 Å². The Morgan fingerprint density at radius 3 is 2.43 bits per heavy atom. The fraction of sp³-hybridized carbons (Fsp3) is 0.667. The van der Waals surface area contributed by atoms with Crippen molar-refractivity contribution in [1.29, 1.82) is 0 Å². The van der Waals surface area contributed by atoms with Gasteiger partial charge < -0.3 is 5.32 Å². The number of imide groups is 1. The van der Waals surface area contributed by atoms with Gasteiger partial charge in [-0.1, -0.05) is 13.8 Å². The number of carbonyl (C=O) groups is 2. The van der Waals surface area contributed by atoms with E-state index < -0.39 is 0 Å². The highest BCUT2D eigenvalue weighted by Crippen LogP contribution is 2.17. The van der Waals surface area contributed by atoms with Crippen molar-refractivity contribution in [2.75, 3.05) is 6.54 Å². The quantitative estimate of drug-likeness (QED) is 0.837. The smallest absolute Gasteiger partial charge is 0.324 e. The predicted molar refractivity (Wildman–Crippen MR) is 79.9 cm³/mol. The second-order valence-electron chi connectivity index (χ2n) is 6.04. The maximum absolute atomic E-state index is 12.2. The van der Waals surface area contributed by atoms with Crippen LogP contribution in [0.1, 0.15) is 37.2 Å². The lowest BCUT2D eigenvalue weighted by atomic mass is 10.0. The summed E-state index contributed by atoms with van der Waals surface area (Å²) in [5.41, 5.74) is 3.38. The van der Waals surface area contributed by atoms with E-state index >= 15 is 0 Å². The first kappa shape index (κ1) is 15.5. The third-order valence-corrected chi connectivity index (χ3v) is 4.19. The van der Waals surface area contributed by atoms with E-state index in [2.05, 4.69) is 10.4 Å². The van der Waals surface area contributed by atoms with Crippen LogP contribution in [0.4, 0.5) is 4.79 Å². The molecule has 0 bridgehead atoms. The molecule has 6 nitrogen and oxygen atoms in total. The minimum Gasteiger partial charge on any atom is -0.326 e. The second kappa shape index (κ2) is 5.87. The molecule has 1 aliphatic heterocycles. The molecule has 2 rings (SSSR count). The molecule has 1 aliphatic rings. The molecule has 0 aliphatic carbocycles. The van der Waals surface area contributed by atoms with Crippen molar-refractivity contribution in [3.8, 4) is 0 Å². The van der Waals surface area contributed by atoms with Crippen molar-refractivity contribution in [1.82, 2.24) is 20.0 Å². The maximum Gasteiger partial charge on any atom is 0.324 e. The first-order valence-electron chi connectivity index (χ1n) is 7.44. The minimum atomic E-state index is -0.376. The molecule has 0 spiro atoms. The van der Waals surface area contributed by atoms with E-state index in [9.17, 15) is 9.59 Å². The molecule has 1 aromatic heterocycles. The lowest BCUT2D eigenvalue weighted by Gasteiger charge is -2.14. The number of nitrogens with one attached hydrogen (secondary N) is 1. The van der Waals surface area contributed by atoms with E-state index in [4.69, 9.17) is 0 Å². The van der Waals surface area contributed by atoms with Crippen molar-refractivity contribution < 1.29 is 9.59 Å². The van der Waals surface area contributed by atoms with Crippen LogP contribution in [0.15, 0.2) is 0 Å². The number of aromatic nitrogens is 2. The summed E-state index contributed by atoms with van der Waals surface area (Å²) in [6, 6.07) is -0.641. The van der Waals surface area contributed by atoms with Gasteiger partial charge in [-0.05, 0) is 38.2 Å². The summed E-state index contributed by atoms with van der Waals surface area (Å²) in [7, 11) is 1.93. The first-order chi connectivity index (χ1) is 9.82. The third kappa shape index (κ3) is 2.94. The molecule has 1 atom stereocenters. The Morgan fingerprint density at radius 2 is 1.95 bits per heavy atom. The largest absolute Gasteiger partial charge is 0.326 e. The molecule has 0 radical (unpaired) electrons. The number of rotatable bonds is 5. The second-order valence-corrected chi connectivity index (χ2v) is 6.04. The molecule has 1 fully saturated rings. The lowest BCUT2D eigenvalue weighted by molar-refractivity contribution is -0.128. The summed E-state index contributed by atoms with van der Waals surface area (Å²) in [4.78, 5) is 25.4. The van der Waals surface area contributed by atoms with E-state index in [-0.39, 0.29) is 23.9 Å². The predicted octanol–water partition coefficient (Wildman–Crippen LogP) is 1.55. The van der Waals surface area contributed by atoms with Gasteiger partial charge in [-0.15, -0.1) is 0 Å². The number of aryl methyl sites for hydroxylation is 2. The molecule has 3 amide bonds. The zero-order chi connectivity index (χ0) is 15.7. The summed E-state index contributed by atoms with van der Waals surface area (Å²) >= 11 is 0. The van der Waals surface area contributed by atoms with Gasteiger partial charge in [0.15, 0.2) is 0 Å². The number of urea groups is 1.